The fourth-order valence-corrected chi connectivity index (χ4v) is 9.18. The average Bonchev–Trinajstić information content (AvgIpc) is 3.18. The van der Waals surface area contributed by atoms with E-state index in [4.69, 9.17) is 14.7 Å². The Morgan fingerprint density at radius 1 is 0.500 bits per heavy atom. The lowest BCUT2D eigenvalue weighted by atomic mass is 10.1. The SMILES string of the molecule is C.C.C.C.COc1ccc(-c2ccc(Oc3ccc(S(=O)(=O)c4ccc(C)cc4)cc3)cc2)cc1.Cc1ccc(S(=O)(=O)c2ccc(C)c(S(=O)(=O)O)c2)cc1SOOO. The van der Waals surface area contributed by atoms with Crippen LogP contribution in [0.3, 0.4) is 0 Å². The molecule has 2 N–H and O–H groups in total. The number of hydrogen-bond donors (Lipinski definition) is 2. The van der Waals surface area contributed by atoms with Crippen molar-refractivity contribution in [3.05, 3.63) is 150 Å². The predicted molar refractivity (Wildman–Crippen MR) is 237 cm³/mol. The maximum Gasteiger partial charge on any atom is 0.294 e. The molecule has 0 aliphatic carbocycles. The smallest absolute Gasteiger partial charge is 0.294 e. The molecular weight excluding hydrogens is 849 g/mol. The second-order valence-electron chi connectivity index (χ2n) is 12.2. The summed E-state index contributed by atoms with van der Waals surface area (Å²) in [5, 5.41) is 11.7. The largest absolute Gasteiger partial charge is 0.497 e. The summed E-state index contributed by atoms with van der Waals surface area (Å²) in [5.41, 5.74) is 4.05. The Kier molecular flexibility index (Phi) is 19.9. The van der Waals surface area contributed by atoms with Gasteiger partial charge in [-0.25, -0.2) is 22.1 Å². The van der Waals surface area contributed by atoms with E-state index in [0.717, 1.165) is 28.5 Å². The van der Waals surface area contributed by atoms with Crippen LogP contribution >= 0.6 is 12.0 Å². The van der Waals surface area contributed by atoms with Gasteiger partial charge in [-0.1, -0.05) is 88.8 Å². The zero-order valence-corrected chi connectivity index (χ0v) is 33.6. The van der Waals surface area contributed by atoms with E-state index in [1.165, 1.54) is 37.3 Å². The molecule has 12 nitrogen and oxygen atoms in total. The number of sulfone groups is 2. The summed E-state index contributed by atoms with van der Waals surface area (Å²) in [5.74, 6) is 2.06. The minimum Gasteiger partial charge on any atom is -0.497 e. The molecule has 60 heavy (non-hydrogen) atoms. The van der Waals surface area contributed by atoms with Crippen LogP contribution in [0.1, 0.15) is 46.4 Å². The molecule has 0 fully saturated rings. The van der Waals surface area contributed by atoms with E-state index in [2.05, 4.69) is 9.37 Å². The van der Waals surface area contributed by atoms with Crippen LogP contribution in [0.15, 0.2) is 163 Å². The number of benzene rings is 6. The summed E-state index contributed by atoms with van der Waals surface area (Å²) in [4.78, 5) is 0.00104. The molecule has 0 bridgehead atoms. The van der Waals surface area contributed by atoms with Crippen molar-refractivity contribution in [1.82, 2.24) is 0 Å². The second kappa shape index (κ2) is 22.5. The van der Waals surface area contributed by atoms with Gasteiger partial charge in [0.1, 0.15) is 17.2 Å². The lowest BCUT2D eigenvalue weighted by Gasteiger charge is -2.10. The Hall–Kier alpha value is -5.04. The zero-order valence-electron chi connectivity index (χ0n) is 30.3. The maximum atomic E-state index is 12.8. The molecule has 0 amide bonds. The van der Waals surface area contributed by atoms with Gasteiger partial charge in [-0.2, -0.15) is 8.42 Å². The quantitative estimate of drug-likeness (QED) is 0.0513. The topological polar surface area (TPSA) is 180 Å². The normalized spacial score (nSPS) is 10.9. The van der Waals surface area contributed by atoms with Crippen molar-refractivity contribution in [3.8, 4) is 28.4 Å². The van der Waals surface area contributed by atoms with Crippen molar-refractivity contribution >= 4 is 41.8 Å². The van der Waals surface area contributed by atoms with Crippen molar-refractivity contribution in [3.63, 3.8) is 0 Å². The first kappa shape index (κ1) is 53.0. The minimum absolute atomic E-state index is 0. The molecule has 6 aromatic carbocycles. The summed E-state index contributed by atoms with van der Waals surface area (Å²) in [6, 6.07) is 36.5. The van der Waals surface area contributed by atoms with E-state index in [1.54, 1.807) is 62.6 Å². The van der Waals surface area contributed by atoms with E-state index in [9.17, 15) is 29.8 Å². The number of aryl methyl sites for hydroxylation is 3. The molecule has 0 aliphatic heterocycles. The Morgan fingerprint density at radius 2 is 0.900 bits per heavy atom. The molecule has 0 spiro atoms. The maximum absolute atomic E-state index is 12.8. The van der Waals surface area contributed by atoms with Crippen molar-refractivity contribution in [2.75, 3.05) is 7.11 Å². The lowest BCUT2D eigenvalue weighted by molar-refractivity contribution is -0.432. The Bertz CT molecular complexity index is 2630. The van der Waals surface area contributed by atoms with Crippen LogP contribution in [-0.4, -0.2) is 42.2 Å². The van der Waals surface area contributed by atoms with Crippen LogP contribution < -0.4 is 9.47 Å². The number of rotatable bonds is 12. The van der Waals surface area contributed by atoms with Gasteiger partial charge in [-0.3, -0.25) is 4.55 Å². The fraction of sp³-hybridized carbons (Fsp3) is 0.182. The van der Waals surface area contributed by atoms with E-state index in [0.29, 0.717) is 34.0 Å². The Balaban J connectivity index is 0.000000575. The first-order valence-electron chi connectivity index (χ1n) is 16.5. The molecule has 0 saturated heterocycles. The molecule has 0 unspecified atom stereocenters. The molecule has 0 saturated carbocycles. The summed E-state index contributed by atoms with van der Waals surface area (Å²) in [7, 11) is -10.5. The van der Waals surface area contributed by atoms with Gasteiger partial charge in [0.2, 0.25) is 19.7 Å². The van der Waals surface area contributed by atoms with Gasteiger partial charge in [0.15, 0.2) is 0 Å². The third-order valence-electron chi connectivity index (χ3n) is 8.35. The van der Waals surface area contributed by atoms with Gasteiger partial charge in [0, 0.05) is 4.90 Å². The molecule has 0 radical (unpaired) electrons. The van der Waals surface area contributed by atoms with Gasteiger partial charge in [-0.15, -0.1) is 4.33 Å². The highest BCUT2D eigenvalue weighted by atomic mass is 32.2. The predicted octanol–water partition coefficient (Wildman–Crippen LogP) is 11.7. The van der Waals surface area contributed by atoms with Crippen molar-refractivity contribution < 1.29 is 53.9 Å². The number of ether oxygens (including phenoxy) is 2. The first-order valence-corrected chi connectivity index (χ1v) is 21.6. The number of hydrogen-bond acceptors (Lipinski definition) is 12. The van der Waals surface area contributed by atoms with E-state index < -0.39 is 34.7 Å². The highest BCUT2D eigenvalue weighted by molar-refractivity contribution is 7.94. The minimum atomic E-state index is -4.56. The van der Waals surface area contributed by atoms with Gasteiger partial charge in [-0.05, 0) is 128 Å². The standard InChI is InChI=1S/C26H22O4S.C14H14O8S3.4CH4/c1-19-3-15-25(16-4-19)31(27,28)26-17-13-24(14-18-26)30-23-11-7-21(8-12-23)20-5-9-22(29-2)10-6-20;1-9-3-5-11(7-13(9)23-22-21-15)24(16,17)12-6-4-10(2)14(8-12)25(18,19)20;;;;/h3-18H,1-2H3;3-8,15H,1-2H3,(H,18,19,20);4*1H4. The molecule has 0 heterocycles. The van der Waals surface area contributed by atoms with Gasteiger partial charge < -0.3 is 9.47 Å². The van der Waals surface area contributed by atoms with Crippen LogP contribution in [0.4, 0.5) is 0 Å². The Labute approximate surface area is 359 Å². The first-order chi connectivity index (χ1) is 26.5. The summed E-state index contributed by atoms with van der Waals surface area (Å²) in [6.45, 7) is 5.06. The van der Waals surface area contributed by atoms with Crippen molar-refractivity contribution in [1.29, 1.82) is 0 Å². The molecular formula is C44H52O12S4. The van der Waals surface area contributed by atoms with Crippen LogP contribution in [0.25, 0.3) is 11.1 Å². The average molecular weight is 901 g/mol. The van der Waals surface area contributed by atoms with Crippen molar-refractivity contribution in [2.45, 2.75) is 79.9 Å². The van der Waals surface area contributed by atoms with E-state index in [1.807, 2.05) is 55.5 Å². The van der Waals surface area contributed by atoms with Gasteiger partial charge >= 0.3 is 0 Å². The zero-order chi connectivity index (χ0) is 40.7. The molecule has 6 rings (SSSR count). The highest BCUT2D eigenvalue weighted by Gasteiger charge is 2.23. The molecule has 0 atom stereocenters. The number of methoxy groups -OCH3 is 1. The van der Waals surface area contributed by atoms with Gasteiger partial charge in [0.05, 0.1) is 43.6 Å². The molecule has 324 valence electrons. The highest BCUT2D eigenvalue weighted by Crippen LogP contribution is 2.32. The third-order valence-corrected chi connectivity index (χ3v) is 13.6. The molecule has 16 heteroatoms. The third kappa shape index (κ3) is 13.0. The van der Waals surface area contributed by atoms with E-state index >= 15 is 0 Å². The monoisotopic (exact) mass is 900 g/mol. The van der Waals surface area contributed by atoms with Crippen LogP contribution in [0.2, 0.25) is 0 Å². The summed E-state index contributed by atoms with van der Waals surface area (Å²) >= 11 is 0.610. The molecule has 0 aromatic heterocycles. The van der Waals surface area contributed by atoms with E-state index in [-0.39, 0.29) is 54.9 Å². The summed E-state index contributed by atoms with van der Waals surface area (Å²) in [6.07, 6.45) is 0. The van der Waals surface area contributed by atoms with Crippen LogP contribution in [0.5, 0.6) is 17.2 Å². The molecule has 0 aliphatic rings. The lowest BCUT2D eigenvalue weighted by Crippen LogP contribution is -2.07. The summed E-state index contributed by atoms with van der Waals surface area (Å²) < 4.78 is 98.5. The van der Waals surface area contributed by atoms with Crippen molar-refractivity contribution in [2.24, 2.45) is 0 Å². The van der Waals surface area contributed by atoms with Crippen LogP contribution in [-0.2, 0) is 39.2 Å². The fourth-order valence-electron chi connectivity index (χ4n) is 5.23. The molecule has 6 aromatic rings. The second-order valence-corrected chi connectivity index (χ2v) is 18.2. The van der Waals surface area contributed by atoms with Crippen LogP contribution in [0, 0.1) is 20.8 Å². The Morgan fingerprint density at radius 3 is 1.37 bits per heavy atom. The van der Waals surface area contributed by atoms with Gasteiger partial charge in [0.25, 0.3) is 10.1 Å².